The Labute approximate surface area is 119 Å². The minimum atomic E-state index is -0.172. The third kappa shape index (κ3) is 2.19. The van der Waals surface area contributed by atoms with Crippen LogP contribution in [0.4, 0.5) is 4.79 Å². The molecule has 1 aromatic carbocycles. The van der Waals surface area contributed by atoms with Gasteiger partial charge in [0.25, 0.3) is 5.91 Å². The second-order valence-electron chi connectivity index (χ2n) is 5.72. The third-order valence-electron chi connectivity index (χ3n) is 4.43. The van der Waals surface area contributed by atoms with E-state index in [1.165, 1.54) is 10.5 Å². The maximum Gasteiger partial charge on any atom is 0.327 e. The average Bonchev–Trinajstić information content (AvgIpc) is 3.03. The van der Waals surface area contributed by atoms with E-state index in [0.29, 0.717) is 12.5 Å². The number of imide groups is 1. The van der Waals surface area contributed by atoms with Crippen LogP contribution in [0.2, 0.25) is 0 Å². The van der Waals surface area contributed by atoms with Gasteiger partial charge in [-0.2, -0.15) is 0 Å². The van der Waals surface area contributed by atoms with Crippen LogP contribution in [0.1, 0.15) is 37.7 Å². The van der Waals surface area contributed by atoms with Gasteiger partial charge in [-0.15, -0.1) is 0 Å². The molecule has 0 N–H and O–H groups in total. The minimum absolute atomic E-state index is 0.00719. The predicted molar refractivity (Wildman–Crippen MR) is 76.3 cm³/mol. The first-order valence-corrected chi connectivity index (χ1v) is 7.35. The maximum atomic E-state index is 12.2. The number of carbonyl (C=O) groups is 2. The molecule has 0 bridgehead atoms. The van der Waals surface area contributed by atoms with Crippen molar-refractivity contribution in [2.45, 2.75) is 38.1 Å². The Balaban J connectivity index is 1.62. The lowest BCUT2D eigenvalue weighted by atomic mass is 9.98. The Kier molecular flexibility index (Phi) is 3.47. The molecule has 1 aromatic rings. The second-order valence-corrected chi connectivity index (χ2v) is 5.72. The van der Waals surface area contributed by atoms with Gasteiger partial charge >= 0.3 is 6.03 Å². The van der Waals surface area contributed by atoms with Crippen LogP contribution in [0, 0.1) is 0 Å². The highest BCUT2D eigenvalue weighted by molar-refractivity contribution is 6.04. The highest BCUT2D eigenvalue weighted by atomic mass is 16.2. The average molecular weight is 272 g/mol. The minimum Gasteiger partial charge on any atom is -0.312 e. The van der Waals surface area contributed by atoms with Gasteiger partial charge in [0, 0.05) is 13.1 Å². The smallest absolute Gasteiger partial charge is 0.312 e. The van der Waals surface area contributed by atoms with Crippen LogP contribution in [0.5, 0.6) is 0 Å². The molecule has 0 spiro atoms. The van der Waals surface area contributed by atoms with E-state index >= 15 is 0 Å². The lowest BCUT2D eigenvalue weighted by Gasteiger charge is -2.18. The number of fused-ring (bicyclic) bond motifs is 1. The van der Waals surface area contributed by atoms with E-state index in [0.717, 1.165) is 25.8 Å². The zero-order valence-electron chi connectivity index (χ0n) is 11.8. The van der Waals surface area contributed by atoms with Gasteiger partial charge in [-0.3, -0.25) is 9.69 Å². The molecule has 2 aliphatic heterocycles. The molecule has 0 unspecified atom stereocenters. The van der Waals surface area contributed by atoms with E-state index in [1.807, 2.05) is 18.2 Å². The summed E-state index contributed by atoms with van der Waals surface area (Å²) in [6.45, 7) is 3.40. The maximum absolute atomic E-state index is 12.2. The summed E-state index contributed by atoms with van der Waals surface area (Å²) in [5.41, 5.74) is 1.26. The molecular weight excluding hydrogens is 252 g/mol. The predicted octanol–water partition coefficient (Wildman–Crippen LogP) is 2.61. The van der Waals surface area contributed by atoms with Crippen molar-refractivity contribution in [3.8, 4) is 0 Å². The van der Waals surface area contributed by atoms with Gasteiger partial charge in [-0.25, -0.2) is 4.79 Å². The summed E-state index contributed by atoms with van der Waals surface area (Å²) in [5.74, 6) is 0.361. The zero-order chi connectivity index (χ0) is 14.1. The van der Waals surface area contributed by atoms with Crippen molar-refractivity contribution in [1.29, 1.82) is 0 Å². The Bertz CT molecular complexity index is 492. The van der Waals surface area contributed by atoms with Crippen LogP contribution in [0.15, 0.2) is 30.3 Å². The summed E-state index contributed by atoms with van der Waals surface area (Å²) in [7, 11) is 0. The van der Waals surface area contributed by atoms with E-state index in [1.54, 1.807) is 4.90 Å². The monoisotopic (exact) mass is 272 g/mol. The highest BCUT2D eigenvalue weighted by Gasteiger charge is 2.46. The summed E-state index contributed by atoms with van der Waals surface area (Å²) in [6, 6.07) is 9.97. The van der Waals surface area contributed by atoms with E-state index < -0.39 is 0 Å². The molecule has 0 saturated carbocycles. The zero-order valence-corrected chi connectivity index (χ0v) is 11.8. The Morgan fingerprint density at radius 2 is 2.00 bits per heavy atom. The molecule has 2 aliphatic rings. The number of nitrogens with zero attached hydrogens (tertiary/aromatic N) is 2. The fraction of sp³-hybridized carbons (Fsp3) is 0.500. The molecule has 3 rings (SSSR count). The van der Waals surface area contributed by atoms with E-state index in [4.69, 9.17) is 0 Å². The van der Waals surface area contributed by atoms with Gasteiger partial charge in [0.15, 0.2) is 0 Å². The van der Waals surface area contributed by atoms with E-state index in [9.17, 15) is 9.59 Å². The molecule has 4 heteroatoms. The highest BCUT2D eigenvalue weighted by Crippen LogP contribution is 2.28. The first-order chi connectivity index (χ1) is 9.68. The number of rotatable bonds is 4. The molecule has 20 heavy (non-hydrogen) atoms. The number of carbonyl (C=O) groups excluding carboxylic acids is 2. The van der Waals surface area contributed by atoms with Crippen molar-refractivity contribution >= 4 is 11.9 Å². The summed E-state index contributed by atoms with van der Waals surface area (Å²) in [4.78, 5) is 27.6. The Morgan fingerprint density at radius 1 is 1.25 bits per heavy atom. The van der Waals surface area contributed by atoms with Crippen LogP contribution < -0.4 is 0 Å². The number of hydrogen-bond acceptors (Lipinski definition) is 2. The van der Waals surface area contributed by atoms with Crippen LogP contribution in [0.25, 0.3) is 0 Å². The molecule has 106 valence electrons. The first-order valence-electron chi connectivity index (χ1n) is 7.35. The van der Waals surface area contributed by atoms with Crippen molar-refractivity contribution in [3.05, 3.63) is 35.9 Å². The normalized spacial score (nSPS) is 23.4. The largest absolute Gasteiger partial charge is 0.327 e. The molecule has 3 amide bonds. The fourth-order valence-corrected chi connectivity index (χ4v) is 3.16. The van der Waals surface area contributed by atoms with Gasteiger partial charge in [-0.1, -0.05) is 37.3 Å². The quantitative estimate of drug-likeness (QED) is 0.790. The summed E-state index contributed by atoms with van der Waals surface area (Å²) >= 11 is 0. The summed E-state index contributed by atoms with van der Waals surface area (Å²) in [5, 5.41) is 0. The Hall–Kier alpha value is -1.84. The van der Waals surface area contributed by atoms with Crippen LogP contribution in [-0.4, -0.2) is 40.9 Å². The molecule has 0 aromatic heterocycles. The Morgan fingerprint density at radius 3 is 2.70 bits per heavy atom. The van der Waals surface area contributed by atoms with Gasteiger partial charge in [0.1, 0.15) is 6.04 Å². The number of benzene rings is 1. The molecule has 2 fully saturated rings. The molecule has 0 radical (unpaired) electrons. The van der Waals surface area contributed by atoms with E-state index in [-0.39, 0.29) is 18.0 Å². The summed E-state index contributed by atoms with van der Waals surface area (Å²) < 4.78 is 0. The van der Waals surface area contributed by atoms with Crippen molar-refractivity contribution in [2.75, 3.05) is 13.1 Å². The lowest BCUT2D eigenvalue weighted by Crippen LogP contribution is -2.34. The molecule has 2 atom stereocenters. The lowest BCUT2D eigenvalue weighted by molar-refractivity contribution is -0.128. The van der Waals surface area contributed by atoms with Crippen LogP contribution in [0.3, 0.4) is 0 Å². The van der Waals surface area contributed by atoms with Crippen molar-refractivity contribution in [1.82, 2.24) is 9.80 Å². The molecule has 2 heterocycles. The first kappa shape index (κ1) is 13.2. The molecule has 2 saturated heterocycles. The van der Waals surface area contributed by atoms with Gasteiger partial charge in [0.2, 0.25) is 0 Å². The molecule has 4 nitrogen and oxygen atoms in total. The van der Waals surface area contributed by atoms with Crippen LogP contribution >= 0.6 is 0 Å². The second kappa shape index (κ2) is 5.27. The fourth-order valence-electron chi connectivity index (χ4n) is 3.16. The van der Waals surface area contributed by atoms with Crippen molar-refractivity contribution < 1.29 is 9.59 Å². The van der Waals surface area contributed by atoms with Gasteiger partial charge < -0.3 is 4.90 Å². The standard InChI is InChI=1S/C16H20N2O2/c1-12(13-6-3-2-4-7-13)9-11-18-15(19)14-8-5-10-17(14)16(18)20/h2-4,6-7,12,14H,5,8-11H2,1H3/t12-,14-/m0/s1. The SMILES string of the molecule is C[C@@H](CCN1C(=O)[C@@H]2CCCN2C1=O)c1ccccc1. The van der Waals surface area contributed by atoms with Gasteiger partial charge in [-0.05, 0) is 30.7 Å². The van der Waals surface area contributed by atoms with E-state index in [2.05, 4.69) is 19.1 Å². The van der Waals surface area contributed by atoms with Crippen molar-refractivity contribution in [2.24, 2.45) is 0 Å². The molecular formula is C16H20N2O2. The van der Waals surface area contributed by atoms with Crippen LogP contribution in [-0.2, 0) is 4.79 Å². The number of amides is 3. The van der Waals surface area contributed by atoms with Gasteiger partial charge in [0.05, 0.1) is 0 Å². The number of urea groups is 1. The molecule has 0 aliphatic carbocycles. The van der Waals surface area contributed by atoms with Crippen molar-refractivity contribution in [3.63, 3.8) is 0 Å². The third-order valence-corrected chi connectivity index (χ3v) is 4.43. The number of hydrogen-bond donors (Lipinski definition) is 0. The topological polar surface area (TPSA) is 40.6 Å². The summed E-state index contributed by atoms with van der Waals surface area (Å²) in [6.07, 6.45) is 2.60.